The van der Waals surface area contributed by atoms with Crippen LogP contribution in [0.2, 0.25) is 0 Å². The number of carbonyl (C=O) groups is 1. The van der Waals surface area contributed by atoms with Crippen LogP contribution >= 0.6 is 0 Å². The maximum atomic E-state index is 12.8. The molecule has 1 amide bonds. The van der Waals surface area contributed by atoms with E-state index in [-0.39, 0.29) is 17.8 Å². The molecule has 0 aliphatic heterocycles. The van der Waals surface area contributed by atoms with E-state index in [0.29, 0.717) is 29.2 Å². The third kappa shape index (κ3) is 4.50. The molecule has 0 spiro atoms. The number of ether oxygens (including phenoxy) is 1. The average molecular weight is 361 g/mol. The van der Waals surface area contributed by atoms with Gasteiger partial charge in [0.1, 0.15) is 5.75 Å². The molecule has 3 rings (SSSR count). The Kier molecular flexibility index (Phi) is 5.81. The van der Waals surface area contributed by atoms with E-state index in [1.54, 1.807) is 0 Å². The average Bonchev–Trinajstić information content (AvgIpc) is 2.67. The number of nitrogens with zero attached hydrogens (tertiary/aromatic N) is 2. The summed E-state index contributed by atoms with van der Waals surface area (Å²) in [5, 5.41) is 3.00. The molecule has 0 saturated heterocycles. The van der Waals surface area contributed by atoms with Crippen LogP contribution in [0.3, 0.4) is 0 Å². The SMILES string of the molecule is CCC(C(=O)Nc1c(C)nc(Oc2ccccc2)nc1C)c1ccccc1. The summed E-state index contributed by atoms with van der Waals surface area (Å²) >= 11 is 0. The molecule has 5 nitrogen and oxygen atoms in total. The van der Waals surface area contributed by atoms with Crippen LogP contribution in [-0.4, -0.2) is 15.9 Å². The molecule has 2 aromatic carbocycles. The van der Waals surface area contributed by atoms with E-state index in [9.17, 15) is 4.79 Å². The summed E-state index contributed by atoms with van der Waals surface area (Å²) < 4.78 is 5.70. The Bertz CT molecular complexity index is 888. The van der Waals surface area contributed by atoms with Crippen molar-refractivity contribution in [3.05, 3.63) is 77.6 Å². The van der Waals surface area contributed by atoms with Crippen LogP contribution in [0.15, 0.2) is 60.7 Å². The number of amides is 1. The van der Waals surface area contributed by atoms with E-state index in [2.05, 4.69) is 15.3 Å². The Morgan fingerprint density at radius 3 is 2.07 bits per heavy atom. The predicted octanol–water partition coefficient (Wildman–Crippen LogP) is 5.02. The maximum Gasteiger partial charge on any atom is 0.322 e. The Morgan fingerprint density at radius 1 is 0.963 bits per heavy atom. The lowest BCUT2D eigenvalue weighted by Gasteiger charge is -2.17. The molecule has 0 aliphatic carbocycles. The molecule has 0 bridgehead atoms. The second kappa shape index (κ2) is 8.45. The van der Waals surface area contributed by atoms with Gasteiger partial charge in [-0.2, -0.15) is 9.97 Å². The Balaban J connectivity index is 1.79. The monoisotopic (exact) mass is 361 g/mol. The van der Waals surface area contributed by atoms with Crippen molar-refractivity contribution in [1.82, 2.24) is 9.97 Å². The van der Waals surface area contributed by atoms with Crippen molar-refractivity contribution in [3.63, 3.8) is 0 Å². The zero-order valence-corrected chi connectivity index (χ0v) is 15.8. The first-order valence-electron chi connectivity index (χ1n) is 9.02. The summed E-state index contributed by atoms with van der Waals surface area (Å²) in [5.74, 6) is 0.392. The van der Waals surface area contributed by atoms with Crippen molar-refractivity contribution in [1.29, 1.82) is 0 Å². The van der Waals surface area contributed by atoms with E-state index in [1.807, 2.05) is 81.4 Å². The molecule has 1 atom stereocenters. The number of hydrogen-bond acceptors (Lipinski definition) is 4. The van der Waals surface area contributed by atoms with Crippen molar-refractivity contribution >= 4 is 11.6 Å². The van der Waals surface area contributed by atoms with Gasteiger partial charge in [-0.15, -0.1) is 0 Å². The molecule has 0 saturated carbocycles. The normalized spacial score (nSPS) is 11.7. The van der Waals surface area contributed by atoms with Gasteiger partial charge in [-0.1, -0.05) is 55.5 Å². The minimum atomic E-state index is -0.217. The lowest BCUT2D eigenvalue weighted by Crippen LogP contribution is -2.22. The molecule has 1 aromatic heterocycles. The molecule has 0 aliphatic rings. The highest BCUT2D eigenvalue weighted by atomic mass is 16.5. The van der Waals surface area contributed by atoms with Gasteiger partial charge < -0.3 is 10.1 Å². The number of aromatic nitrogens is 2. The van der Waals surface area contributed by atoms with Crippen molar-refractivity contribution in [2.75, 3.05) is 5.32 Å². The quantitative estimate of drug-likeness (QED) is 0.670. The topological polar surface area (TPSA) is 64.1 Å². The standard InChI is InChI=1S/C22H23N3O2/c1-4-19(17-11-7-5-8-12-17)21(26)25-20-15(2)23-22(24-16(20)3)27-18-13-9-6-10-14-18/h5-14,19H,4H2,1-3H3,(H,25,26). The van der Waals surface area contributed by atoms with Crippen molar-refractivity contribution in [2.24, 2.45) is 0 Å². The maximum absolute atomic E-state index is 12.8. The molecule has 27 heavy (non-hydrogen) atoms. The summed E-state index contributed by atoms with van der Waals surface area (Å²) in [5.41, 5.74) is 2.97. The highest BCUT2D eigenvalue weighted by molar-refractivity contribution is 5.96. The molecule has 0 fully saturated rings. The first-order chi connectivity index (χ1) is 13.1. The van der Waals surface area contributed by atoms with Crippen LogP contribution in [-0.2, 0) is 4.79 Å². The first-order valence-corrected chi connectivity index (χ1v) is 9.02. The van der Waals surface area contributed by atoms with Crippen molar-refractivity contribution in [2.45, 2.75) is 33.1 Å². The van der Waals surface area contributed by atoms with Crippen LogP contribution in [0.25, 0.3) is 0 Å². The highest BCUT2D eigenvalue weighted by Gasteiger charge is 2.21. The van der Waals surface area contributed by atoms with Gasteiger partial charge in [0.2, 0.25) is 5.91 Å². The summed E-state index contributed by atoms with van der Waals surface area (Å²) in [6.07, 6.45) is 0.712. The molecule has 1 heterocycles. The van der Waals surface area contributed by atoms with Gasteiger partial charge in [0, 0.05) is 0 Å². The van der Waals surface area contributed by atoms with Gasteiger partial charge in [-0.05, 0) is 38.0 Å². The molecule has 0 radical (unpaired) electrons. The Morgan fingerprint density at radius 2 is 1.52 bits per heavy atom. The highest BCUT2D eigenvalue weighted by Crippen LogP contribution is 2.26. The van der Waals surface area contributed by atoms with Gasteiger partial charge in [-0.25, -0.2) is 0 Å². The van der Waals surface area contributed by atoms with Crippen LogP contribution in [0, 0.1) is 13.8 Å². The van der Waals surface area contributed by atoms with E-state index in [1.165, 1.54) is 0 Å². The summed E-state index contributed by atoms with van der Waals surface area (Å²) in [6.45, 7) is 5.68. The summed E-state index contributed by atoms with van der Waals surface area (Å²) in [4.78, 5) is 21.6. The molecule has 1 unspecified atom stereocenters. The van der Waals surface area contributed by atoms with Crippen LogP contribution in [0.5, 0.6) is 11.8 Å². The number of nitrogens with one attached hydrogen (secondary N) is 1. The Hall–Kier alpha value is -3.21. The molecule has 3 aromatic rings. The predicted molar refractivity (Wildman–Crippen MR) is 106 cm³/mol. The lowest BCUT2D eigenvalue weighted by molar-refractivity contribution is -0.117. The number of hydrogen-bond donors (Lipinski definition) is 1. The number of aryl methyl sites for hydroxylation is 2. The van der Waals surface area contributed by atoms with Gasteiger partial charge in [-0.3, -0.25) is 4.79 Å². The number of rotatable bonds is 6. The number of para-hydroxylation sites is 1. The van der Waals surface area contributed by atoms with Crippen LogP contribution < -0.4 is 10.1 Å². The zero-order chi connectivity index (χ0) is 19.2. The van der Waals surface area contributed by atoms with Crippen LogP contribution in [0.1, 0.15) is 36.2 Å². The van der Waals surface area contributed by atoms with Crippen LogP contribution in [0.4, 0.5) is 5.69 Å². The third-order valence-corrected chi connectivity index (χ3v) is 4.38. The van der Waals surface area contributed by atoms with Gasteiger partial charge >= 0.3 is 6.01 Å². The molecular weight excluding hydrogens is 338 g/mol. The fourth-order valence-corrected chi connectivity index (χ4v) is 2.97. The largest absolute Gasteiger partial charge is 0.424 e. The van der Waals surface area contributed by atoms with E-state index < -0.39 is 0 Å². The molecule has 138 valence electrons. The molecule has 1 N–H and O–H groups in total. The first kappa shape index (κ1) is 18.6. The van der Waals surface area contributed by atoms with E-state index in [4.69, 9.17) is 4.74 Å². The van der Waals surface area contributed by atoms with E-state index in [0.717, 1.165) is 5.56 Å². The van der Waals surface area contributed by atoms with Crippen molar-refractivity contribution in [3.8, 4) is 11.8 Å². The number of carbonyl (C=O) groups excluding carboxylic acids is 1. The number of benzene rings is 2. The fourth-order valence-electron chi connectivity index (χ4n) is 2.97. The third-order valence-electron chi connectivity index (χ3n) is 4.38. The second-order valence-electron chi connectivity index (χ2n) is 6.33. The van der Waals surface area contributed by atoms with Gasteiger partial charge in [0.25, 0.3) is 0 Å². The molecule has 5 heteroatoms. The Labute approximate surface area is 159 Å². The minimum absolute atomic E-state index is 0.0600. The number of anilines is 1. The lowest BCUT2D eigenvalue weighted by atomic mass is 9.95. The zero-order valence-electron chi connectivity index (χ0n) is 15.8. The second-order valence-corrected chi connectivity index (χ2v) is 6.33. The summed E-state index contributed by atoms with van der Waals surface area (Å²) in [6, 6.07) is 19.4. The molecular formula is C22H23N3O2. The van der Waals surface area contributed by atoms with Gasteiger partial charge in [0.15, 0.2) is 0 Å². The van der Waals surface area contributed by atoms with E-state index >= 15 is 0 Å². The minimum Gasteiger partial charge on any atom is -0.424 e. The van der Waals surface area contributed by atoms with Crippen molar-refractivity contribution < 1.29 is 9.53 Å². The van der Waals surface area contributed by atoms with Gasteiger partial charge in [0.05, 0.1) is 23.0 Å². The smallest absolute Gasteiger partial charge is 0.322 e. The fraction of sp³-hybridized carbons (Fsp3) is 0.227. The summed E-state index contributed by atoms with van der Waals surface area (Å²) in [7, 11) is 0.